The van der Waals surface area contributed by atoms with Gasteiger partial charge in [0.2, 0.25) is 0 Å². The van der Waals surface area contributed by atoms with Crippen LogP contribution >= 0.6 is 0 Å². The average Bonchev–Trinajstić information content (AvgIpc) is 2.43. The molecule has 1 aromatic carbocycles. The van der Waals surface area contributed by atoms with Gasteiger partial charge < -0.3 is 14.8 Å². The average molecular weight is 280 g/mol. The molecule has 6 nitrogen and oxygen atoms in total. The minimum atomic E-state index is -0.439. The highest BCUT2D eigenvalue weighted by molar-refractivity contribution is 5.68. The predicted octanol–water partition coefficient (Wildman–Crippen LogP) is 3.00. The molecule has 0 saturated carbocycles. The molecule has 0 atom stereocenters. The van der Waals surface area contributed by atoms with Crippen LogP contribution in [0, 0.1) is 10.1 Å². The summed E-state index contributed by atoms with van der Waals surface area (Å²) < 4.78 is 10.6. The van der Waals surface area contributed by atoms with E-state index in [-0.39, 0.29) is 11.4 Å². The topological polar surface area (TPSA) is 73.6 Å². The smallest absolute Gasteiger partial charge is 0.333 e. The van der Waals surface area contributed by atoms with E-state index in [1.54, 1.807) is 31.2 Å². The Bertz CT molecular complexity index is 449. The first-order chi connectivity index (χ1) is 9.70. The number of nitrogens with one attached hydrogen (secondary N) is 1. The van der Waals surface area contributed by atoms with Gasteiger partial charge >= 0.3 is 5.69 Å². The second kappa shape index (κ2) is 8.92. The second-order valence-electron chi connectivity index (χ2n) is 3.96. The van der Waals surface area contributed by atoms with Crippen molar-refractivity contribution in [1.29, 1.82) is 0 Å². The normalized spacial score (nSPS) is 10.1. The molecule has 20 heavy (non-hydrogen) atoms. The number of para-hydroxylation sites is 1. The van der Waals surface area contributed by atoms with Gasteiger partial charge in [-0.25, -0.2) is 0 Å². The van der Waals surface area contributed by atoms with E-state index in [9.17, 15) is 10.1 Å². The van der Waals surface area contributed by atoms with Gasteiger partial charge in [0.25, 0.3) is 0 Å². The Morgan fingerprint density at radius 2 is 2.25 bits per heavy atom. The zero-order valence-electron chi connectivity index (χ0n) is 11.6. The number of nitro benzene ring substituents is 1. The van der Waals surface area contributed by atoms with Crippen molar-refractivity contribution in [3.63, 3.8) is 0 Å². The highest BCUT2D eigenvalue weighted by atomic mass is 16.6. The maximum Gasteiger partial charge on any atom is 0.333 e. The summed E-state index contributed by atoms with van der Waals surface area (Å²) in [5.41, 5.74) is 0.397. The Balaban J connectivity index is 2.62. The first-order valence-corrected chi connectivity index (χ1v) is 6.53. The van der Waals surface area contributed by atoms with Gasteiger partial charge in [-0.2, -0.15) is 0 Å². The molecule has 0 aromatic heterocycles. The molecule has 1 N–H and O–H groups in total. The van der Waals surface area contributed by atoms with Crippen LogP contribution in [0.5, 0.6) is 5.75 Å². The summed E-state index contributed by atoms with van der Waals surface area (Å²) in [5, 5.41) is 14.1. The first kappa shape index (κ1) is 16.0. The van der Waals surface area contributed by atoms with Gasteiger partial charge in [0, 0.05) is 6.54 Å². The molecule has 110 valence electrons. The maximum absolute atomic E-state index is 11.1. The fraction of sp³-hybridized carbons (Fsp3) is 0.429. The molecule has 0 bridgehead atoms. The lowest BCUT2D eigenvalue weighted by Gasteiger charge is -2.10. The van der Waals surface area contributed by atoms with E-state index in [0.717, 1.165) is 6.42 Å². The lowest BCUT2D eigenvalue weighted by molar-refractivity contribution is -0.384. The zero-order chi connectivity index (χ0) is 14.8. The molecular weight excluding hydrogens is 260 g/mol. The third-order valence-electron chi connectivity index (χ3n) is 2.51. The molecule has 0 amide bonds. The lowest BCUT2D eigenvalue weighted by Crippen LogP contribution is -2.11. The van der Waals surface area contributed by atoms with E-state index in [4.69, 9.17) is 9.47 Å². The Morgan fingerprint density at radius 3 is 2.90 bits per heavy atom. The van der Waals surface area contributed by atoms with Crippen molar-refractivity contribution in [3.05, 3.63) is 41.0 Å². The first-order valence-electron chi connectivity index (χ1n) is 6.53. The molecule has 0 unspecified atom stereocenters. The van der Waals surface area contributed by atoms with Crippen molar-refractivity contribution in [3.8, 4) is 5.75 Å². The highest BCUT2D eigenvalue weighted by Crippen LogP contribution is 2.34. The Hall–Kier alpha value is -2.08. The predicted molar refractivity (Wildman–Crippen MR) is 78.4 cm³/mol. The number of anilines is 1. The molecule has 6 heteroatoms. The van der Waals surface area contributed by atoms with E-state index < -0.39 is 4.92 Å². The molecule has 0 radical (unpaired) electrons. The Morgan fingerprint density at radius 1 is 1.45 bits per heavy atom. The van der Waals surface area contributed by atoms with Gasteiger partial charge in [0.1, 0.15) is 5.69 Å². The summed E-state index contributed by atoms with van der Waals surface area (Å²) in [5.74, 6) is 0.273. The minimum absolute atomic E-state index is 0.0413. The van der Waals surface area contributed by atoms with E-state index in [2.05, 4.69) is 11.9 Å². The van der Waals surface area contributed by atoms with Crippen molar-refractivity contribution < 1.29 is 14.4 Å². The number of hydrogen-bond donors (Lipinski definition) is 1. The number of rotatable bonds is 10. The molecule has 0 spiro atoms. The zero-order valence-corrected chi connectivity index (χ0v) is 11.6. The molecule has 1 rings (SSSR count). The summed E-state index contributed by atoms with van der Waals surface area (Å²) in [6.45, 7) is 7.35. The molecule has 0 aliphatic heterocycles. The van der Waals surface area contributed by atoms with Gasteiger partial charge in [-0.3, -0.25) is 10.1 Å². The van der Waals surface area contributed by atoms with Crippen LogP contribution in [-0.4, -0.2) is 31.3 Å². The van der Waals surface area contributed by atoms with Gasteiger partial charge in [0.05, 0.1) is 24.7 Å². The largest absolute Gasteiger partial charge is 0.487 e. The standard InChI is InChI=1S/C14H20N2O4/c1-3-5-10-19-11-9-15-12-7-6-8-13(20-4-2)14(12)16(17)18/h3,6-8,15H,1,4-5,9-11H2,2H3. The molecule has 0 aliphatic carbocycles. The van der Waals surface area contributed by atoms with Gasteiger partial charge in [0.15, 0.2) is 5.75 Å². The summed E-state index contributed by atoms with van der Waals surface area (Å²) in [4.78, 5) is 10.7. The summed E-state index contributed by atoms with van der Waals surface area (Å²) >= 11 is 0. The molecule has 0 fully saturated rings. The van der Waals surface area contributed by atoms with Crippen molar-refractivity contribution in [2.24, 2.45) is 0 Å². The maximum atomic E-state index is 11.1. The number of hydrogen-bond acceptors (Lipinski definition) is 5. The van der Waals surface area contributed by atoms with Crippen LogP contribution in [-0.2, 0) is 4.74 Å². The van der Waals surface area contributed by atoms with Crippen LogP contribution in [0.25, 0.3) is 0 Å². The van der Waals surface area contributed by atoms with Crippen molar-refractivity contribution in [2.75, 3.05) is 31.7 Å². The summed E-state index contributed by atoms with van der Waals surface area (Å²) in [7, 11) is 0. The summed E-state index contributed by atoms with van der Waals surface area (Å²) in [6, 6.07) is 4.97. The molecular formula is C14H20N2O4. The van der Waals surface area contributed by atoms with Crippen LogP contribution in [0.4, 0.5) is 11.4 Å². The molecule has 1 aromatic rings. The number of ether oxygens (including phenoxy) is 2. The van der Waals surface area contributed by atoms with Gasteiger partial charge in [-0.1, -0.05) is 12.1 Å². The van der Waals surface area contributed by atoms with E-state index in [1.807, 2.05) is 0 Å². The second-order valence-corrected chi connectivity index (χ2v) is 3.96. The van der Waals surface area contributed by atoms with Crippen LogP contribution in [0.2, 0.25) is 0 Å². The summed E-state index contributed by atoms with van der Waals surface area (Å²) in [6.07, 6.45) is 2.57. The number of benzene rings is 1. The van der Waals surface area contributed by atoms with Crippen LogP contribution < -0.4 is 10.1 Å². The van der Waals surface area contributed by atoms with Crippen LogP contribution in [0.3, 0.4) is 0 Å². The quantitative estimate of drug-likeness (QED) is 0.309. The van der Waals surface area contributed by atoms with Crippen molar-refractivity contribution in [1.82, 2.24) is 0 Å². The van der Waals surface area contributed by atoms with E-state index in [0.29, 0.717) is 32.1 Å². The molecule has 0 heterocycles. The van der Waals surface area contributed by atoms with Crippen LogP contribution in [0.15, 0.2) is 30.9 Å². The van der Waals surface area contributed by atoms with Gasteiger partial charge in [-0.15, -0.1) is 6.58 Å². The van der Waals surface area contributed by atoms with E-state index in [1.165, 1.54) is 0 Å². The minimum Gasteiger partial charge on any atom is -0.487 e. The third-order valence-corrected chi connectivity index (χ3v) is 2.51. The molecule has 0 aliphatic rings. The van der Waals surface area contributed by atoms with Crippen LogP contribution in [0.1, 0.15) is 13.3 Å². The van der Waals surface area contributed by atoms with Gasteiger partial charge in [-0.05, 0) is 25.5 Å². The molecule has 0 saturated heterocycles. The van der Waals surface area contributed by atoms with E-state index >= 15 is 0 Å². The third kappa shape index (κ3) is 4.89. The Labute approximate surface area is 118 Å². The van der Waals surface area contributed by atoms with Crippen molar-refractivity contribution >= 4 is 11.4 Å². The fourth-order valence-electron chi connectivity index (χ4n) is 1.65. The lowest BCUT2D eigenvalue weighted by atomic mass is 10.2. The van der Waals surface area contributed by atoms with Crippen molar-refractivity contribution in [2.45, 2.75) is 13.3 Å². The Kier molecular flexibility index (Phi) is 7.13. The number of nitro groups is 1. The number of nitrogens with zero attached hydrogens (tertiary/aromatic N) is 1. The SMILES string of the molecule is C=CCCOCCNc1cccc(OCC)c1[N+](=O)[O-]. The fourth-order valence-corrected chi connectivity index (χ4v) is 1.65. The monoisotopic (exact) mass is 280 g/mol. The highest BCUT2D eigenvalue weighted by Gasteiger charge is 2.20.